The van der Waals surface area contributed by atoms with Crippen LogP contribution in [0.4, 0.5) is 0 Å². The number of carbonyl (C=O) groups is 1. The second-order valence-electron chi connectivity index (χ2n) is 5.66. The zero-order valence-electron chi connectivity index (χ0n) is 9.73. The molecule has 0 aromatic carbocycles. The summed E-state index contributed by atoms with van der Waals surface area (Å²) in [7, 11) is -0.997. The van der Waals surface area contributed by atoms with Crippen molar-refractivity contribution in [3.05, 3.63) is 0 Å². The van der Waals surface area contributed by atoms with Crippen LogP contribution in [0.15, 0.2) is 0 Å². The van der Waals surface area contributed by atoms with E-state index in [0.29, 0.717) is 0 Å². The average molecular weight is 245 g/mol. The third-order valence-corrected chi connectivity index (χ3v) is 5.55. The van der Waals surface area contributed by atoms with E-state index in [4.69, 9.17) is 5.11 Å². The molecular weight excluding hydrogens is 226 g/mol. The predicted octanol–water partition coefficient (Wildman–Crippen LogP) is 0.739. The van der Waals surface area contributed by atoms with Crippen molar-refractivity contribution >= 4 is 16.8 Å². The van der Waals surface area contributed by atoms with Gasteiger partial charge < -0.3 is 5.11 Å². The van der Waals surface area contributed by atoms with Crippen molar-refractivity contribution in [3.8, 4) is 0 Å². The van der Waals surface area contributed by atoms with Crippen LogP contribution in [0.3, 0.4) is 0 Å². The summed E-state index contributed by atoms with van der Waals surface area (Å²) in [5, 5.41) is 12.2. The molecule has 0 aromatic heterocycles. The van der Waals surface area contributed by atoms with Gasteiger partial charge in [0, 0.05) is 22.6 Å². The van der Waals surface area contributed by atoms with E-state index in [2.05, 4.69) is 19.2 Å². The van der Waals surface area contributed by atoms with E-state index in [1.54, 1.807) is 0 Å². The van der Waals surface area contributed by atoms with Crippen LogP contribution in [0, 0.1) is 5.41 Å². The van der Waals surface area contributed by atoms with Crippen molar-refractivity contribution in [2.75, 3.05) is 5.75 Å². The lowest BCUT2D eigenvalue weighted by Crippen LogP contribution is -2.60. The first-order valence-electron chi connectivity index (χ1n) is 5.75. The van der Waals surface area contributed by atoms with Crippen LogP contribution >= 0.6 is 0 Å². The largest absolute Gasteiger partial charge is 0.480 e. The number of fused-ring (bicyclic) bond motifs is 1. The molecule has 2 N–H and O–H groups in total. The molecule has 1 saturated heterocycles. The van der Waals surface area contributed by atoms with E-state index in [-0.39, 0.29) is 22.5 Å². The van der Waals surface area contributed by atoms with Crippen LogP contribution in [0.5, 0.6) is 0 Å². The summed E-state index contributed by atoms with van der Waals surface area (Å²) in [4.78, 5) is 10.9. The van der Waals surface area contributed by atoms with E-state index in [9.17, 15) is 9.00 Å². The molecule has 2 fully saturated rings. The highest BCUT2D eigenvalue weighted by molar-refractivity contribution is 7.85. The summed E-state index contributed by atoms with van der Waals surface area (Å²) in [6, 6.07) is -0.494. The Hall–Kier alpha value is -0.420. The van der Waals surface area contributed by atoms with E-state index < -0.39 is 22.8 Å². The minimum atomic E-state index is -0.997. The molecule has 0 amide bonds. The van der Waals surface area contributed by atoms with Crippen molar-refractivity contribution in [1.29, 1.82) is 0 Å². The number of rotatable bonds is 1. The maximum atomic E-state index is 12.0. The maximum Gasteiger partial charge on any atom is 0.321 e. The Morgan fingerprint density at radius 1 is 1.50 bits per heavy atom. The Labute approximate surface area is 98.3 Å². The smallest absolute Gasteiger partial charge is 0.321 e. The van der Waals surface area contributed by atoms with Gasteiger partial charge in [-0.25, -0.2) is 0 Å². The summed E-state index contributed by atoms with van der Waals surface area (Å²) in [5.41, 5.74) is 0.245. The monoisotopic (exact) mass is 245 g/mol. The summed E-state index contributed by atoms with van der Waals surface area (Å²) < 4.78 is 12.0. The molecular formula is C11H19NO3S. The van der Waals surface area contributed by atoms with E-state index >= 15 is 0 Å². The molecule has 4 unspecified atom stereocenters. The fourth-order valence-electron chi connectivity index (χ4n) is 2.72. The number of hydrogen-bond acceptors (Lipinski definition) is 3. The summed E-state index contributed by atoms with van der Waals surface area (Å²) >= 11 is 0. The maximum absolute atomic E-state index is 12.0. The molecule has 2 aliphatic rings. The number of hydrogen-bond donors (Lipinski definition) is 2. The van der Waals surface area contributed by atoms with Gasteiger partial charge in [0.05, 0.1) is 5.25 Å². The van der Waals surface area contributed by atoms with Crippen LogP contribution in [-0.2, 0) is 15.6 Å². The molecule has 4 nitrogen and oxygen atoms in total. The first kappa shape index (κ1) is 12.0. The predicted molar refractivity (Wildman–Crippen MR) is 62.8 cm³/mol. The number of nitrogens with one attached hydrogen (secondary N) is 1. The van der Waals surface area contributed by atoms with Crippen molar-refractivity contribution < 1.29 is 14.1 Å². The first-order valence-corrected chi connectivity index (χ1v) is 7.13. The van der Waals surface area contributed by atoms with Crippen molar-refractivity contribution in [3.63, 3.8) is 0 Å². The lowest BCUT2D eigenvalue weighted by Gasteiger charge is -2.44. The molecule has 92 valence electrons. The van der Waals surface area contributed by atoms with Crippen LogP contribution in [-0.4, -0.2) is 38.4 Å². The molecule has 1 heterocycles. The normalized spacial score (nSPS) is 42.4. The Balaban J connectivity index is 2.10. The fourth-order valence-corrected chi connectivity index (χ4v) is 4.76. The van der Waals surface area contributed by atoms with Gasteiger partial charge in [-0.3, -0.25) is 14.3 Å². The third kappa shape index (κ3) is 2.30. The van der Waals surface area contributed by atoms with Gasteiger partial charge in [-0.05, 0) is 24.7 Å². The Morgan fingerprint density at radius 2 is 2.19 bits per heavy atom. The lowest BCUT2D eigenvalue weighted by atomic mass is 9.75. The quantitative estimate of drug-likeness (QED) is 0.715. The Morgan fingerprint density at radius 3 is 2.81 bits per heavy atom. The standard InChI is InChI=1S/C11H19NO3S/c1-11(2)4-3-7-9(5-11)16(15)6-8(12-7)10(13)14/h7-9,12H,3-6H2,1-2H3,(H,13,14). The second-order valence-corrected chi connectivity index (χ2v) is 7.36. The highest BCUT2D eigenvalue weighted by Crippen LogP contribution is 2.39. The Kier molecular flexibility index (Phi) is 3.09. The van der Waals surface area contributed by atoms with E-state index in [1.807, 2.05) is 0 Å². The number of carboxylic acid groups (broad SMARTS) is 1. The van der Waals surface area contributed by atoms with Gasteiger partial charge in [-0.15, -0.1) is 0 Å². The molecule has 4 atom stereocenters. The fraction of sp³-hybridized carbons (Fsp3) is 0.909. The van der Waals surface area contributed by atoms with Crippen LogP contribution in [0.1, 0.15) is 33.1 Å². The van der Waals surface area contributed by atoms with Gasteiger partial charge in [0.25, 0.3) is 0 Å². The van der Waals surface area contributed by atoms with Crippen LogP contribution in [0.2, 0.25) is 0 Å². The van der Waals surface area contributed by atoms with Crippen molar-refractivity contribution in [2.45, 2.75) is 50.4 Å². The lowest BCUT2D eigenvalue weighted by molar-refractivity contribution is -0.139. The third-order valence-electron chi connectivity index (χ3n) is 3.72. The molecule has 0 radical (unpaired) electrons. The first-order chi connectivity index (χ1) is 7.39. The van der Waals surface area contributed by atoms with E-state index in [0.717, 1.165) is 19.3 Å². The number of carboxylic acids is 1. The van der Waals surface area contributed by atoms with Gasteiger partial charge in [0.2, 0.25) is 0 Å². The van der Waals surface area contributed by atoms with Crippen LogP contribution in [0.25, 0.3) is 0 Å². The number of aliphatic carboxylic acids is 1. The highest BCUT2D eigenvalue weighted by atomic mass is 32.2. The summed E-state index contributed by atoms with van der Waals surface area (Å²) in [6.45, 7) is 4.40. The highest BCUT2D eigenvalue weighted by Gasteiger charge is 2.43. The molecule has 1 aliphatic heterocycles. The van der Waals surface area contributed by atoms with E-state index in [1.165, 1.54) is 0 Å². The van der Waals surface area contributed by atoms with Gasteiger partial charge in [-0.2, -0.15) is 0 Å². The zero-order chi connectivity index (χ0) is 11.9. The molecule has 2 rings (SSSR count). The second kappa shape index (κ2) is 4.11. The van der Waals surface area contributed by atoms with Gasteiger partial charge in [-0.1, -0.05) is 13.8 Å². The molecule has 0 spiro atoms. The van der Waals surface area contributed by atoms with Gasteiger partial charge >= 0.3 is 5.97 Å². The summed E-state index contributed by atoms with van der Waals surface area (Å²) in [5.74, 6) is -0.622. The molecule has 16 heavy (non-hydrogen) atoms. The SMILES string of the molecule is CC1(C)CCC2NC(C(=O)O)CS(=O)C2C1. The van der Waals surface area contributed by atoms with Gasteiger partial charge in [0.15, 0.2) is 0 Å². The molecule has 0 bridgehead atoms. The molecule has 0 aromatic rings. The molecule has 5 heteroatoms. The molecule has 1 saturated carbocycles. The summed E-state index contributed by atoms with van der Waals surface area (Å²) in [6.07, 6.45) is 2.95. The Bertz CT molecular complexity index is 329. The van der Waals surface area contributed by atoms with Crippen LogP contribution < -0.4 is 5.32 Å². The zero-order valence-corrected chi connectivity index (χ0v) is 10.5. The topological polar surface area (TPSA) is 66.4 Å². The minimum absolute atomic E-state index is 0.128. The van der Waals surface area contributed by atoms with Crippen molar-refractivity contribution in [2.24, 2.45) is 5.41 Å². The minimum Gasteiger partial charge on any atom is -0.480 e. The van der Waals surface area contributed by atoms with Crippen molar-refractivity contribution in [1.82, 2.24) is 5.32 Å². The van der Waals surface area contributed by atoms with Gasteiger partial charge in [0.1, 0.15) is 6.04 Å². The molecule has 1 aliphatic carbocycles. The average Bonchev–Trinajstić information content (AvgIpc) is 2.18.